The van der Waals surface area contributed by atoms with Crippen molar-refractivity contribution in [2.75, 3.05) is 0 Å². The normalized spacial score (nSPS) is 12.5. The average Bonchev–Trinajstić information content (AvgIpc) is 2.61. The molecule has 0 fully saturated rings. The van der Waals surface area contributed by atoms with Crippen LogP contribution in [-0.2, 0) is 11.2 Å². The van der Waals surface area contributed by atoms with Gasteiger partial charge >= 0.3 is 0 Å². The molecule has 0 aromatic carbocycles. The lowest BCUT2D eigenvalue weighted by atomic mass is 9.82. The quantitative estimate of drug-likeness (QED) is 0.858. The third-order valence-corrected chi connectivity index (χ3v) is 3.56. The Hall–Kier alpha value is -0.830. The SMILES string of the molecule is CC(C)(C)CC(C)(C)NC(=O)CCc1cccs1. The summed E-state index contributed by atoms with van der Waals surface area (Å²) in [5.74, 6) is 0.151. The Labute approximate surface area is 115 Å². The Bertz CT molecular complexity index is 374. The van der Waals surface area contributed by atoms with Crippen molar-refractivity contribution in [2.24, 2.45) is 5.41 Å². The number of thiophene rings is 1. The van der Waals surface area contributed by atoms with E-state index in [0.717, 1.165) is 12.8 Å². The van der Waals surface area contributed by atoms with Crippen LogP contribution in [-0.4, -0.2) is 11.4 Å². The van der Waals surface area contributed by atoms with Crippen molar-refractivity contribution in [1.29, 1.82) is 0 Å². The van der Waals surface area contributed by atoms with E-state index >= 15 is 0 Å². The summed E-state index contributed by atoms with van der Waals surface area (Å²) in [6, 6.07) is 4.11. The van der Waals surface area contributed by atoms with E-state index in [1.165, 1.54) is 4.88 Å². The van der Waals surface area contributed by atoms with Crippen molar-refractivity contribution in [2.45, 2.75) is 59.4 Å². The maximum Gasteiger partial charge on any atom is 0.220 e. The van der Waals surface area contributed by atoms with Gasteiger partial charge in [0, 0.05) is 16.8 Å². The van der Waals surface area contributed by atoms with E-state index in [9.17, 15) is 4.79 Å². The predicted octanol–water partition coefficient (Wildman–Crippen LogP) is 4.01. The van der Waals surface area contributed by atoms with E-state index in [4.69, 9.17) is 0 Å². The highest BCUT2D eigenvalue weighted by atomic mass is 32.1. The minimum Gasteiger partial charge on any atom is -0.351 e. The molecule has 1 aromatic rings. The first-order chi connectivity index (χ1) is 8.18. The molecule has 0 aliphatic rings. The van der Waals surface area contributed by atoms with Crippen molar-refractivity contribution in [1.82, 2.24) is 5.32 Å². The Balaban J connectivity index is 2.39. The molecule has 0 saturated carbocycles. The van der Waals surface area contributed by atoms with Crippen LogP contribution in [0.3, 0.4) is 0 Å². The second-order valence-electron chi connectivity index (χ2n) is 6.75. The average molecular weight is 267 g/mol. The molecule has 0 spiro atoms. The molecule has 18 heavy (non-hydrogen) atoms. The standard InChI is InChI=1S/C15H25NOS/c1-14(2,3)11-15(4,5)16-13(17)9-8-12-7-6-10-18-12/h6-7,10H,8-9,11H2,1-5H3,(H,16,17). The van der Waals surface area contributed by atoms with Gasteiger partial charge in [0.25, 0.3) is 0 Å². The number of carbonyl (C=O) groups excluding carboxylic acids is 1. The highest BCUT2D eigenvalue weighted by Gasteiger charge is 2.26. The van der Waals surface area contributed by atoms with Gasteiger partial charge in [-0.15, -0.1) is 11.3 Å². The first kappa shape index (κ1) is 15.2. The van der Waals surface area contributed by atoms with Gasteiger partial charge in [0.05, 0.1) is 0 Å². The molecule has 0 atom stereocenters. The van der Waals surface area contributed by atoms with E-state index < -0.39 is 0 Å². The molecule has 0 unspecified atom stereocenters. The number of hydrogen-bond acceptors (Lipinski definition) is 2. The fraction of sp³-hybridized carbons (Fsp3) is 0.667. The number of rotatable bonds is 5. The summed E-state index contributed by atoms with van der Waals surface area (Å²) in [6.45, 7) is 10.8. The van der Waals surface area contributed by atoms with Gasteiger partial charge in [-0.2, -0.15) is 0 Å². The third kappa shape index (κ3) is 6.20. The lowest BCUT2D eigenvalue weighted by Gasteiger charge is -2.33. The van der Waals surface area contributed by atoms with Crippen LogP contribution in [0, 0.1) is 5.41 Å². The van der Waals surface area contributed by atoms with Gasteiger partial charge in [-0.05, 0) is 43.6 Å². The molecule has 0 aliphatic heterocycles. The molecule has 102 valence electrons. The van der Waals surface area contributed by atoms with Crippen LogP contribution in [0.5, 0.6) is 0 Å². The van der Waals surface area contributed by atoms with Gasteiger partial charge in [0.1, 0.15) is 0 Å². The zero-order valence-corrected chi connectivity index (χ0v) is 13.0. The molecule has 1 rings (SSSR count). The summed E-state index contributed by atoms with van der Waals surface area (Å²) in [5.41, 5.74) is 0.0926. The predicted molar refractivity (Wildman–Crippen MR) is 78.9 cm³/mol. The second-order valence-corrected chi connectivity index (χ2v) is 7.78. The molecular weight excluding hydrogens is 242 g/mol. The Morgan fingerprint density at radius 1 is 1.28 bits per heavy atom. The first-order valence-corrected chi connectivity index (χ1v) is 7.39. The van der Waals surface area contributed by atoms with Gasteiger partial charge in [-0.1, -0.05) is 26.8 Å². The van der Waals surface area contributed by atoms with E-state index in [-0.39, 0.29) is 16.9 Å². The summed E-state index contributed by atoms with van der Waals surface area (Å²) in [7, 11) is 0. The summed E-state index contributed by atoms with van der Waals surface area (Å²) in [5, 5.41) is 5.19. The van der Waals surface area contributed by atoms with Crippen molar-refractivity contribution in [3.8, 4) is 0 Å². The monoisotopic (exact) mass is 267 g/mol. The maximum absolute atomic E-state index is 11.9. The molecular formula is C15H25NOS. The summed E-state index contributed by atoms with van der Waals surface area (Å²) in [4.78, 5) is 13.2. The Morgan fingerprint density at radius 2 is 1.94 bits per heavy atom. The van der Waals surface area contributed by atoms with Gasteiger partial charge in [0.15, 0.2) is 0 Å². The summed E-state index contributed by atoms with van der Waals surface area (Å²) < 4.78 is 0. The number of nitrogens with one attached hydrogen (secondary N) is 1. The highest BCUT2D eigenvalue weighted by Crippen LogP contribution is 2.26. The first-order valence-electron chi connectivity index (χ1n) is 6.51. The fourth-order valence-electron chi connectivity index (χ4n) is 2.50. The Morgan fingerprint density at radius 3 is 2.44 bits per heavy atom. The minimum absolute atomic E-state index is 0.134. The van der Waals surface area contributed by atoms with Crippen LogP contribution in [0.1, 0.15) is 52.3 Å². The lowest BCUT2D eigenvalue weighted by molar-refractivity contribution is -0.122. The number of carbonyl (C=O) groups is 1. The molecule has 0 aliphatic carbocycles. The van der Waals surface area contributed by atoms with Crippen molar-refractivity contribution in [3.05, 3.63) is 22.4 Å². The summed E-state index contributed by atoms with van der Waals surface area (Å²) >= 11 is 1.71. The molecule has 3 heteroatoms. The van der Waals surface area contributed by atoms with Crippen LogP contribution >= 0.6 is 11.3 Å². The highest BCUT2D eigenvalue weighted by molar-refractivity contribution is 7.09. The Kier molecular flexibility index (Phi) is 4.97. The topological polar surface area (TPSA) is 29.1 Å². The third-order valence-electron chi connectivity index (χ3n) is 2.63. The second kappa shape index (κ2) is 5.87. The van der Waals surface area contributed by atoms with Gasteiger partial charge in [-0.3, -0.25) is 4.79 Å². The number of aryl methyl sites for hydroxylation is 1. The molecule has 0 saturated heterocycles. The fourth-order valence-corrected chi connectivity index (χ4v) is 3.21. The molecule has 1 amide bonds. The summed E-state index contributed by atoms with van der Waals surface area (Å²) in [6.07, 6.45) is 2.40. The van der Waals surface area contributed by atoms with Crippen LogP contribution < -0.4 is 5.32 Å². The van der Waals surface area contributed by atoms with Crippen molar-refractivity contribution >= 4 is 17.2 Å². The van der Waals surface area contributed by atoms with E-state index in [1.54, 1.807) is 11.3 Å². The van der Waals surface area contributed by atoms with E-state index in [1.807, 2.05) is 6.07 Å². The van der Waals surface area contributed by atoms with E-state index in [2.05, 4.69) is 51.4 Å². The van der Waals surface area contributed by atoms with E-state index in [0.29, 0.717) is 6.42 Å². The molecule has 1 N–H and O–H groups in total. The minimum atomic E-state index is -0.134. The van der Waals surface area contributed by atoms with Gasteiger partial charge < -0.3 is 5.32 Å². The maximum atomic E-state index is 11.9. The van der Waals surface area contributed by atoms with Crippen molar-refractivity contribution in [3.63, 3.8) is 0 Å². The number of hydrogen-bond donors (Lipinski definition) is 1. The molecule has 1 heterocycles. The van der Waals surface area contributed by atoms with Crippen LogP contribution in [0.15, 0.2) is 17.5 Å². The van der Waals surface area contributed by atoms with Gasteiger partial charge in [0.2, 0.25) is 5.91 Å². The lowest BCUT2D eigenvalue weighted by Crippen LogP contribution is -2.45. The molecule has 2 nitrogen and oxygen atoms in total. The van der Waals surface area contributed by atoms with Crippen LogP contribution in [0.25, 0.3) is 0 Å². The van der Waals surface area contributed by atoms with Crippen LogP contribution in [0.2, 0.25) is 0 Å². The van der Waals surface area contributed by atoms with Gasteiger partial charge in [-0.25, -0.2) is 0 Å². The number of amides is 1. The molecule has 1 aromatic heterocycles. The zero-order chi connectivity index (χ0) is 13.8. The smallest absolute Gasteiger partial charge is 0.220 e. The zero-order valence-electron chi connectivity index (χ0n) is 12.2. The van der Waals surface area contributed by atoms with Crippen LogP contribution in [0.4, 0.5) is 0 Å². The molecule has 0 bridgehead atoms. The molecule has 0 radical (unpaired) electrons. The van der Waals surface area contributed by atoms with Crippen molar-refractivity contribution < 1.29 is 4.79 Å². The largest absolute Gasteiger partial charge is 0.351 e.